The summed E-state index contributed by atoms with van der Waals surface area (Å²) in [7, 11) is 0. The third-order valence-electron chi connectivity index (χ3n) is 5.53. The molecule has 1 aliphatic heterocycles. The minimum absolute atomic E-state index is 0.000646. The first-order valence-corrected chi connectivity index (χ1v) is 10.5. The van der Waals surface area contributed by atoms with E-state index in [9.17, 15) is 14.8 Å². The topological polar surface area (TPSA) is 94.2 Å². The number of nitrogens with one attached hydrogen (secondary N) is 1. The number of carbonyl (C=O) groups excluding carboxylic acids is 2. The molecule has 0 spiro atoms. The zero-order valence-corrected chi connectivity index (χ0v) is 17.2. The van der Waals surface area contributed by atoms with Gasteiger partial charge in [0.1, 0.15) is 5.56 Å². The lowest BCUT2D eigenvalue weighted by molar-refractivity contribution is -0.605. The van der Waals surface area contributed by atoms with E-state index in [2.05, 4.69) is 10.4 Å². The first-order valence-electron chi connectivity index (χ1n) is 10.5. The molecule has 8 heteroatoms. The molecular weight excluding hydrogens is 394 g/mol. The molecule has 3 heterocycles. The van der Waals surface area contributed by atoms with Gasteiger partial charge in [-0.2, -0.15) is 9.83 Å². The lowest BCUT2D eigenvalue weighted by Gasteiger charge is -2.25. The molecule has 1 unspecified atom stereocenters. The van der Waals surface area contributed by atoms with Gasteiger partial charge in [0.05, 0.1) is 5.69 Å². The van der Waals surface area contributed by atoms with Crippen molar-refractivity contribution < 1.29 is 14.3 Å². The monoisotopic (exact) mass is 419 g/mol. The van der Waals surface area contributed by atoms with Gasteiger partial charge in [-0.25, -0.2) is 4.68 Å². The zero-order valence-electron chi connectivity index (χ0n) is 17.2. The third kappa shape index (κ3) is 5.09. The average Bonchev–Trinajstić information content (AvgIpc) is 3.23. The summed E-state index contributed by atoms with van der Waals surface area (Å²) in [5.41, 5.74) is 1.87. The van der Waals surface area contributed by atoms with E-state index in [1.165, 1.54) is 12.4 Å². The number of benzene rings is 1. The molecule has 1 N–H and O–H groups in total. The Hall–Kier alpha value is -3.68. The Balaban J connectivity index is 1.37. The average molecular weight is 419 g/mol. The van der Waals surface area contributed by atoms with Gasteiger partial charge in [0.25, 0.3) is 11.8 Å². The van der Waals surface area contributed by atoms with Gasteiger partial charge in [0, 0.05) is 43.7 Å². The van der Waals surface area contributed by atoms with Crippen molar-refractivity contribution >= 4 is 11.8 Å². The van der Waals surface area contributed by atoms with Crippen molar-refractivity contribution in [2.24, 2.45) is 5.92 Å². The van der Waals surface area contributed by atoms with Gasteiger partial charge < -0.3 is 15.4 Å². The highest BCUT2D eigenvalue weighted by Crippen LogP contribution is 2.19. The Morgan fingerprint density at radius 3 is 2.71 bits per heavy atom. The Kier molecular flexibility index (Phi) is 6.26. The molecule has 1 aliphatic rings. The summed E-state index contributed by atoms with van der Waals surface area (Å²) in [6.45, 7) is 1.77. The van der Waals surface area contributed by atoms with Crippen molar-refractivity contribution in [2.45, 2.75) is 19.3 Å². The van der Waals surface area contributed by atoms with E-state index in [0.717, 1.165) is 24.9 Å². The first-order chi connectivity index (χ1) is 15.1. The number of pyridine rings is 1. The highest BCUT2D eigenvalue weighted by Gasteiger charge is 2.23. The van der Waals surface area contributed by atoms with Crippen LogP contribution in [0.1, 0.15) is 40.0 Å². The molecule has 1 saturated heterocycles. The van der Waals surface area contributed by atoms with Crippen LogP contribution in [-0.2, 0) is 0 Å². The van der Waals surface area contributed by atoms with Crippen LogP contribution in [0.5, 0.6) is 0 Å². The van der Waals surface area contributed by atoms with Gasteiger partial charge in [-0.15, -0.1) is 0 Å². The number of likely N-dealkylation sites (tertiary alicyclic amines) is 1. The van der Waals surface area contributed by atoms with Crippen LogP contribution in [0.15, 0.2) is 67.3 Å². The SMILES string of the molecule is O=C(NCC1CCCCN(C(=O)c2ccc(-n3cccn3)cc2)C1)c1ccc[n+]([O-])c1. The van der Waals surface area contributed by atoms with E-state index in [1.807, 2.05) is 41.4 Å². The van der Waals surface area contributed by atoms with Crippen molar-refractivity contribution in [1.82, 2.24) is 20.0 Å². The highest BCUT2D eigenvalue weighted by atomic mass is 16.5. The predicted octanol–water partition coefficient (Wildman–Crippen LogP) is 2.18. The zero-order chi connectivity index (χ0) is 21.6. The fraction of sp³-hybridized carbons (Fsp3) is 0.304. The van der Waals surface area contributed by atoms with Gasteiger partial charge in [-0.3, -0.25) is 9.59 Å². The van der Waals surface area contributed by atoms with E-state index < -0.39 is 0 Å². The molecule has 0 saturated carbocycles. The number of hydrogen-bond acceptors (Lipinski definition) is 4. The van der Waals surface area contributed by atoms with Gasteiger partial charge in [0.15, 0.2) is 12.4 Å². The Labute approximate surface area is 180 Å². The van der Waals surface area contributed by atoms with Crippen molar-refractivity contribution in [3.8, 4) is 5.69 Å². The van der Waals surface area contributed by atoms with Crippen molar-refractivity contribution in [3.05, 3.63) is 83.6 Å². The van der Waals surface area contributed by atoms with Crippen LogP contribution in [0.3, 0.4) is 0 Å². The van der Waals surface area contributed by atoms with Crippen LogP contribution in [0.4, 0.5) is 0 Å². The first kappa shape index (κ1) is 20.6. The number of carbonyl (C=O) groups is 2. The Morgan fingerprint density at radius 2 is 1.97 bits per heavy atom. The second-order valence-corrected chi connectivity index (χ2v) is 7.77. The third-order valence-corrected chi connectivity index (χ3v) is 5.53. The molecule has 1 aromatic carbocycles. The smallest absolute Gasteiger partial charge is 0.257 e. The summed E-state index contributed by atoms with van der Waals surface area (Å²) >= 11 is 0. The second kappa shape index (κ2) is 9.42. The molecule has 160 valence electrons. The standard InChI is InChI=1S/C23H25N5O3/c29-22(20-6-3-13-27(31)17-20)24-15-18-5-1-2-12-26(16-18)23(30)19-7-9-21(10-8-19)28-14-4-11-25-28/h3-4,6-11,13-14,17-18H,1-2,5,12,15-16H2,(H,24,29). The number of amides is 2. The fourth-order valence-corrected chi connectivity index (χ4v) is 3.87. The predicted molar refractivity (Wildman–Crippen MR) is 115 cm³/mol. The van der Waals surface area contributed by atoms with E-state index in [1.54, 1.807) is 23.0 Å². The number of nitrogens with zero attached hydrogens (tertiary/aromatic N) is 4. The summed E-state index contributed by atoms with van der Waals surface area (Å²) in [4.78, 5) is 27.3. The van der Waals surface area contributed by atoms with Crippen LogP contribution in [0.2, 0.25) is 0 Å². The lowest BCUT2D eigenvalue weighted by Crippen LogP contribution is -2.39. The molecule has 2 aromatic heterocycles. The fourth-order valence-electron chi connectivity index (χ4n) is 3.87. The molecule has 0 bridgehead atoms. The molecule has 8 nitrogen and oxygen atoms in total. The number of hydrogen-bond donors (Lipinski definition) is 1. The molecular formula is C23H25N5O3. The molecule has 2 amide bonds. The van der Waals surface area contributed by atoms with E-state index in [0.29, 0.717) is 35.5 Å². The Morgan fingerprint density at radius 1 is 1.13 bits per heavy atom. The van der Waals surface area contributed by atoms with Gasteiger partial charge in [0.2, 0.25) is 0 Å². The van der Waals surface area contributed by atoms with Crippen LogP contribution >= 0.6 is 0 Å². The molecule has 1 atom stereocenters. The van der Waals surface area contributed by atoms with Gasteiger partial charge in [-0.1, -0.05) is 6.42 Å². The second-order valence-electron chi connectivity index (χ2n) is 7.77. The summed E-state index contributed by atoms with van der Waals surface area (Å²) in [6.07, 6.45) is 9.06. The minimum Gasteiger partial charge on any atom is -0.619 e. The van der Waals surface area contributed by atoms with Crippen molar-refractivity contribution in [2.75, 3.05) is 19.6 Å². The highest BCUT2D eigenvalue weighted by molar-refractivity contribution is 5.94. The van der Waals surface area contributed by atoms with Gasteiger partial charge >= 0.3 is 0 Å². The molecule has 3 aromatic rings. The summed E-state index contributed by atoms with van der Waals surface area (Å²) in [5, 5.41) is 18.5. The Bertz CT molecular complexity index is 1030. The van der Waals surface area contributed by atoms with Crippen LogP contribution < -0.4 is 10.0 Å². The van der Waals surface area contributed by atoms with Crippen molar-refractivity contribution in [1.29, 1.82) is 0 Å². The number of aromatic nitrogens is 3. The maximum atomic E-state index is 13.1. The molecule has 0 aliphatic carbocycles. The number of rotatable bonds is 5. The molecule has 0 radical (unpaired) electrons. The van der Waals surface area contributed by atoms with Gasteiger partial charge in [-0.05, 0) is 55.2 Å². The normalized spacial score (nSPS) is 16.5. The molecule has 31 heavy (non-hydrogen) atoms. The molecule has 4 rings (SSSR count). The van der Waals surface area contributed by atoms with Crippen molar-refractivity contribution in [3.63, 3.8) is 0 Å². The molecule has 1 fully saturated rings. The van der Waals surface area contributed by atoms with E-state index >= 15 is 0 Å². The summed E-state index contributed by atoms with van der Waals surface area (Å²) in [5.74, 6) is -0.107. The summed E-state index contributed by atoms with van der Waals surface area (Å²) < 4.78 is 2.36. The van der Waals surface area contributed by atoms with E-state index in [4.69, 9.17) is 0 Å². The van der Waals surface area contributed by atoms with E-state index in [-0.39, 0.29) is 17.7 Å². The summed E-state index contributed by atoms with van der Waals surface area (Å²) in [6, 6.07) is 12.4. The lowest BCUT2D eigenvalue weighted by atomic mass is 10.0. The maximum absolute atomic E-state index is 13.1. The minimum atomic E-state index is -0.276. The van der Waals surface area contributed by atoms with Crippen LogP contribution in [-0.4, -0.2) is 46.1 Å². The maximum Gasteiger partial charge on any atom is 0.257 e. The van der Waals surface area contributed by atoms with Crippen LogP contribution in [0.25, 0.3) is 5.69 Å². The van der Waals surface area contributed by atoms with Crippen LogP contribution in [0, 0.1) is 11.1 Å². The quantitative estimate of drug-likeness (QED) is 0.507. The largest absolute Gasteiger partial charge is 0.619 e.